The van der Waals surface area contributed by atoms with Gasteiger partial charge in [-0.2, -0.15) is 0 Å². The molecule has 250 valence electrons. The molecule has 1 aromatic heterocycles. The average molecular weight is 670 g/mol. The maximum absolute atomic E-state index is 6.09. The van der Waals surface area contributed by atoms with Crippen LogP contribution in [0, 0.1) is 6.92 Å². The summed E-state index contributed by atoms with van der Waals surface area (Å²) in [5.74, 6) is 0.123. The van der Waals surface area contributed by atoms with E-state index in [0.717, 1.165) is 28.3 Å². The van der Waals surface area contributed by atoms with Gasteiger partial charge in [0.1, 0.15) is 5.54 Å². The van der Waals surface area contributed by atoms with Crippen LogP contribution < -0.4 is 10.6 Å². The lowest BCUT2D eigenvalue weighted by atomic mass is 9.80. The molecular weight excluding hydrogens is 631 g/mol. The first-order valence-electron chi connectivity index (χ1n) is 17.9. The quantitative estimate of drug-likeness (QED) is 0.135. The van der Waals surface area contributed by atoms with Crippen LogP contribution >= 0.6 is 0 Å². The number of nitrogen functional groups attached to an aromatic ring is 1. The molecule has 0 aliphatic heterocycles. The zero-order valence-electron chi connectivity index (χ0n) is 29.1. The molecule has 0 saturated heterocycles. The van der Waals surface area contributed by atoms with Gasteiger partial charge in [-0.25, -0.2) is 0 Å². The van der Waals surface area contributed by atoms with Crippen molar-refractivity contribution in [2.75, 3.05) is 10.6 Å². The summed E-state index contributed by atoms with van der Waals surface area (Å²) in [6.07, 6.45) is 9.53. The number of nitrogens with zero attached hydrogens (tertiary/aromatic N) is 2. The molecule has 1 aliphatic carbocycles. The second-order valence-electron chi connectivity index (χ2n) is 13.7. The van der Waals surface area contributed by atoms with Gasteiger partial charge in [-0.05, 0) is 83.8 Å². The molecule has 52 heavy (non-hydrogen) atoms. The van der Waals surface area contributed by atoms with Crippen LogP contribution in [0.15, 0.2) is 200 Å². The monoisotopic (exact) mass is 669 g/mol. The van der Waals surface area contributed by atoms with Crippen molar-refractivity contribution in [2.24, 2.45) is 0 Å². The minimum atomic E-state index is -0.633. The fourth-order valence-corrected chi connectivity index (χ4v) is 7.95. The largest absolute Gasteiger partial charge is 0.399 e. The van der Waals surface area contributed by atoms with Crippen molar-refractivity contribution in [3.05, 3.63) is 217 Å². The molecule has 7 aromatic carbocycles. The Labute approximate surface area is 305 Å². The van der Waals surface area contributed by atoms with Gasteiger partial charge in [0.2, 0.25) is 0 Å². The van der Waals surface area contributed by atoms with Gasteiger partial charge in [-0.3, -0.25) is 0 Å². The lowest BCUT2D eigenvalue weighted by Crippen LogP contribution is -2.32. The Kier molecular flexibility index (Phi) is 7.82. The van der Waals surface area contributed by atoms with Gasteiger partial charge in [0.05, 0.1) is 16.7 Å². The predicted molar refractivity (Wildman–Crippen MR) is 220 cm³/mol. The van der Waals surface area contributed by atoms with E-state index in [0.29, 0.717) is 0 Å². The summed E-state index contributed by atoms with van der Waals surface area (Å²) >= 11 is 0. The van der Waals surface area contributed by atoms with E-state index in [1.165, 1.54) is 44.1 Å². The fourth-order valence-electron chi connectivity index (χ4n) is 7.95. The van der Waals surface area contributed by atoms with E-state index in [4.69, 9.17) is 5.73 Å². The average Bonchev–Trinajstić information content (AvgIpc) is 3.54. The zero-order valence-corrected chi connectivity index (χ0v) is 29.1. The third kappa shape index (κ3) is 5.39. The molecule has 1 heterocycles. The molecule has 0 bridgehead atoms. The number of allylic oxidation sites excluding steroid dienone is 4. The molecule has 2 N–H and O–H groups in total. The van der Waals surface area contributed by atoms with Crippen molar-refractivity contribution in [2.45, 2.75) is 18.4 Å². The van der Waals surface area contributed by atoms with E-state index >= 15 is 0 Å². The number of para-hydroxylation sites is 3. The molecule has 1 aliphatic rings. The standard InChI is InChI=1S/C49H39N3/c1-35-13-12-18-42(33-35)51(41-16-6-3-7-17-41)48-34-39(25-28-43(48)38-14-4-2-5-15-38)49(31-29-37(30-32-49)36-23-26-40(50)27-24-36)52-46-21-10-8-19-44(46)45-20-9-11-22-47(45)52/h2-34,37H,50H2,1H3. The smallest absolute Gasteiger partial charge is 0.107 e. The van der Waals surface area contributed by atoms with E-state index < -0.39 is 5.54 Å². The van der Waals surface area contributed by atoms with Crippen molar-refractivity contribution in [1.82, 2.24) is 4.57 Å². The molecule has 0 radical (unpaired) electrons. The molecule has 0 spiro atoms. The summed E-state index contributed by atoms with van der Waals surface area (Å²) in [5, 5.41) is 2.48. The minimum absolute atomic E-state index is 0.123. The molecule has 0 amide bonds. The summed E-state index contributed by atoms with van der Waals surface area (Å²) in [7, 11) is 0. The third-order valence-corrected chi connectivity index (χ3v) is 10.4. The third-order valence-electron chi connectivity index (χ3n) is 10.4. The van der Waals surface area contributed by atoms with Gasteiger partial charge >= 0.3 is 0 Å². The van der Waals surface area contributed by atoms with Crippen LogP contribution in [0.5, 0.6) is 0 Å². The van der Waals surface area contributed by atoms with E-state index in [9.17, 15) is 0 Å². The summed E-state index contributed by atoms with van der Waals surface area (Å²) < 4.78 is 2.53. The van der Waals surface area contributed by atoms with E-state index in [1.807, 2.05) is 12.1 Å². The normalized spacial score (nSPS) is 16.8. The van der Waals surface area contributed by atoms with Crippen LogP contribution in [-0.4, -0.2) is 4.57 Å². The number of nitrogens with two attached hydrogens (primary N) is 1. The number of fused-ring (bicyclic) bond motifs is 3. The van der Waals surface area contributed by atoms with Crippen LogP contribution in [0.4, 0.5) is 22.7 Å². The van der Waals surface area contributed by atoms with Crippen LogP contribution in [0.2, 0.25) is 0 Å². The van der Waals surface area contributed by atoms with Crippen molar-refractivity contribution in [3.8, 4) is 11.1 Å². The molecule has 3 heteroatoms. The number of rotatable bonds is 7. The maximum Gasteiger partial charge on any atom is 0.107 e. The Bertz CT molecular complexity index is 2530. The van der Waals surface area contributed by atoms with Crippen LogP contribution in [0.3, 0.4) is 0 Å². The van der Waals surface area contributed by atoms with Gasteiger partial charge in [0.15, 0.2) is 0 Å². The van der Waals surface area contributed by atoms with Gasteiger partial charge in [-0.15, -0.1) is 0 Å². The van der Waals surface area contributed by atoms with Crippen molar-refractivity contribution in [1.29, 1.82) is 0 Å². The second kappa shape index (κ2) is 12.9. The fraction of sp³-hybridized carbons (Fsp3) is 0.0612. The van der Waals surface area contributed by atoms with E-state index in [-0.39, 0.29) is 5.92 Å². The number of hydrogen-bond donors (Lipinski definition) is 1. The summed E-state index contributed by atoms with van der Waals surface area (Å²) in [6.45, 7) is 2.16. The summed E-state index contributed by atoms with van der Waals surface area (Å²) in [4.78, 5) is 2.41. The van der Waals surface area contributed by atoms with Gasteiger partial charge < -0.3 is 15.2 Å². The first-order valence-corrected chi connectivity index (χ1v) is 17.9. The topological polar surface area (TPSA) is 34.2 Å². The number of aryl methyl sites for hydroxylation is 1. The second-order valence-corrected chi connectivity index (χ2v) is 13.7. The summed E-state index contributed by atoms with van der Waals surface area (Å²) in [5.41, 5.74) is 17.9. The lowest BCUT2D eigenvalue weighted by molar-refractivity contribution is 0.582. The number of anilines is 4. The van der Waals surface area contributed by atoms with Gasteiger partial charge in [0, 0.05) is 39.3 Å². The number of benzene rings is 7. The lowest BCUT2D eigenvalue weighted by Gasteiger charge is -2.37. The molecule has 8 aromatic rings. The highest BCUT2D eigenvalue weighted by atomic mass is 15.1. The molecule has 3 nitrogen and oxygen atoms in total. The first kappa shape index (κ1) is 31.4. The minimum Gasteiger partial charge on any atom is -0.399 e. The number of hydrogen-bond acceptors (Lipinski definition) is 2. The van der Waals surface area contributed by atoms with Gasteiger partial charge in [-0.1, -0.05) is 146 Å². The Hall–Kier alpha value is -6.58. The van der Waals surface area contributed by atoms with Crippen molar-refractivity contribution >= 4 is 44.6 Å². The molecular formula is C49H39N3. The maximum atomic E-state index is 6.09. The highest BCUT2D eigenvalue weighted by Gasteiger charge is 2.35. The Morgan fingerprint density at radius 2 is 1.15 bits per heavy atom. The Balaban J connectivity index is 1.34. The molecule has 0 unspecified atom stereocenters. The highest BCUT2D eigenvalue weighted by molar-refractivity contribution is 6.08. The molecule has 9 rings (SSSR count). The van der Waals surface area contributed by atoms with Crippen molar-refractivity contribution < 1.29 is 0 Å². The zero-order chi connectivity index (χ0) is 35.1. The predicted octanol–water partition coefficient (Wildman–Crippen LogP) is 12.5. The summed E-state index contributed by atoms with van der Waals surface area (Å²) in [6, 6.07) is 63.1. The van der Waals surface area contributed by atoms with Crippen LogP contribution in [0.25, 0.3) is 32.9 Å². The van der Waals surface area contributed by atoms with Crippen molar-refractivity contribution in [3.63, 3.8) is 0 Å². The Morgan fingerprint density at radius 3 is 1.81 bits per heavy atom. The molecule has 0 fully saturated rings. The SMILES string of the molecule is Cc1cccc(N(c2ccccc2)c2cc(C3(n4c5ccccc5c5ccccc54)C=CC(c4ccc(N)cc4)C=C3)ccc2-c2ccccc2)c1. The number of aromatic nitrogens is 1. The van der Waals surface area contributed by atoms with E-state index in [1.54, 1.807) is 0 Å². The van der Waals surface area contributed by atoms with Crippen LogP contribution in [-0.2, 0) is 5.54 Å². The van der Waals surface area contributed by atoms with Crippen LogP contribution in [0.1, 0.15) is 22.6 Å². The molecule has 0 saturated carbocycles. The van der Waals surface area contributed by atoms with E-state index in [2.05, 4.69) is 204 Å². The molecule has 0 atom stereocenters. The van der Waals surface area contributed by atoms with Gasteiger partial charge in [0.25, 0.3) is 0 Å². The first-order chi connectivity index (χ1) is 25.6. The highest BCUT2D eigenvalue weighted by Crippen LogP contribution is 2.47. The Morgan fingerprint density at radius 1 is 0.558 bits per heavy atom.